The molecule has 0 saturated carbocycles. The predicted octanol–water partition coefficient (Wildman–Crippen LogP) is 5.45. The van der Waals surface area contributed by atoms with E-state index in [9.17, 15) is 5.11 Å². The molecule has 0 unspecified atom stereocenters. The van der Waals surface area contributed by atoms with E-state index in [1.807, 2.05) is 18.2 Å². The standard InChI is InChI=1S/C30H25OP.BrH/c31-29-23-13-14-24-30(29)32(25-15-5-1-6-16-25,26-17-7-2-8-18-26,27-19-9-3-10-20-27)28-21-11-4-12-22-28;/h1-24,31H;1H. The monoisotopic (exact) mass is 512 g/mol. The van der Waals surface area contributed by atoms with Gasteiger partial charge in [0.05, 0.1) is 0 Å². The summed E-state index contributed by atoms with van der Waals surface area (Å²) in [7, 11) is 0. The molecule has 0 heterocycles. The molecule has 0 aliphatic carbocycles. The Bertz CT molecular complexity index is 1150. The maximum atomic E-state index is 11.5. The average molecular weight is 513 g/mol. The van der Waals surface area contributed by atoms with Crippen LogP contribution in [-0.2, 0) is 0 Å². The molecule has 0 aromatic heterocycles. The van der Waals surface area contributed by atoms with Gasteiger partial charge in [0.15, 0.2) is 0 Å². The van der Waals surface area contributed by atoms with Gasteiger partial charge in [-0.05, 0) is 0 Å². The van der Waals surface area contributed by atoms with Crippen molar-refractivity contribution in [2.75, 3.05) is 0 Å². The minimum absolute atomic E-state index is 0. The molecule has 0 fully saturated rings. The number of hydrogen-bond donors (Lipinski definition) is 1. The fraction of sp³-hybridized carbons (Fsp3) is 0. The SMILES string of the molecule is Br.Oc1ccccc1P(c1ccccc1)(c1ccccc1)(c1ccccc1)c1ccccc1. The van der Waals surface area contributed by atoms with Gasteiger partial charge in [0.2, 0.25) is 0 Å². The summed E-state index contributed by atoms with van der Waals surface area (Å²) in [5.74, 6) is 0.311. The maximum absolute atomic E-state index is 11.5. The van der Waals surface area contributed by atoms with Crippen LogP contribution in [0.5, 0.6) is 5.75 Å². The number of rotatable bonds is 5. The summed E-state index contributed by atoms with van der Waals surface area (Å²) in [6.45, 7) is -3.56. The van der Waals surface area contributed by atoms with E-state index in [-0.39, 0.29) is 17.0 Å². The van der Waals surface area contributed by atoms with Gasteiger partial charge >= 0.3 is 190 Å². The Balaban J connectivity index is 0.00000259. The summed E-state index contributed by atoms with van der Waals surface area (Å²) < 4.78 is 0. The first-order valence-electron chi connectivity index (χ1n) is 10.8. The number of benzene rings is 5. The van der Waals surface area contributed by atoms with E-state index in [0.29, 0.717) is 5.75 Å². The number of hydrogen-bond acceptors (Lipinski definition) is 1. The summed E-state index contributed by atoms with van der Waals surface area (Å²) in [5, 5.41) is 17.2. The minimum atomic E-state index is -3.56. The van der Waals surface area contributed by atoms with Crippen molar-refractivity contribution >= 4 is 50.1 Å². The molecule has 0 bridgehead atoms. The zero-order valence-electron chi connectivity index (χ0n) is 18.2. The first-order chi connectivity index (χ1) is 15.8. The van der Waals surface area contributed by atoms with E-state index < -0.39 is 6.60 Å². The van der Waals surface area contributed by atoms with E-state index >= 15 is 0 Å². The number of aromatic hydroxyl groups is 1. The number of phenols is 1. The van der Waals surface area contributed by atoms with Crippen LogP contribution in [0.3, 0.4) is 0 Å². The fourth-order valence-electron chi connectivity index (χ4n) is 5.20. The van der Waals surface area contributed by atoms with E-state index in [4.69, 9.17) is 0 Å². The molecular formula is C30H26BrOP. The Morgan fingerprint density at radius 2 is 0.636 bits per heavy atom. The van der Waals surface area contributed by atoms with Crippen molar-refractivity contribution in [3.05, 3.63) is 146 Å². The molecule has 33 heavy (non-hydrogen) atoms. The van der Waals surface area contributed by atoms with Gasteiger partial charge in [-0.25, -0.2) is 0 Å². The molecule has 0 spiro atoms. The normalized spacial score (nSPS) is 12.2. The van der Waals surface area contributed by atoms with Crippen molar-refractivity contribution in [3.63, 3.8) is 0 Å². The molecule has 0 atom stereocenters. The van der Waals surface area contributed by atoms with Gasteiger partial charge in [0, 0.05) is 0 Å². The third kappa shape index (κ3) is 3.25. The zero-order valence-corrected chi connectivity index (χ0v) is 20.8. The Morgan fingerprint density at radius 3 is 0.939 bits per heavy atom. The van der Waals surface area contributed by atoms with Crippen LogP contribution >= 0.6 is 23.6 Å². The van der Waals surface area contributed by atoms with Crippen LogP contribution in [0.25, 0.3) is 0 Å². The molecule has 164 valence electrons. The summed E-state index contributed by atoms with van der Waals surface area (Å²) in [5.41, 5.74) is 0. The fourth-order valence-corrected chi connectivity index (χ4v) is 12.1. The van der Waals surface area contributed by atoms with Crippen molar-refractivity contribution in [1.82, 2.24) is 0 Å². The van der Waals surface area contributed by atoms with Gasteiger partial charge in [-0.3, -0.25) is 0 Å². The third-order valence-electron chi connectivity index (χ3n) is 6.45. The van der Waals surface area contributed by atoms with Crippen molar-refractivity contribution in [1.29, 1.82) is 0 Å². The quantitative estimate of drug-likeness (QED) is 0.310. The van der Waals surface area contributed by atoms with Crippen LogP contribution < -0.4 is 26.5 Å². The van der Waals surface area contributed by atoms with Crippen molar-refractivity contribution in [2.24, 2.45) is 0 Å². The molecule has 0 saturated heterocycles. The van der Waals surface area contributed by atoms with Crippen LogP contribution in [0.2, 0.25) is 0 Å². The molecule has 0 amide bonds. The first kappa shape index (κ1) is 23.0. The van der Waals surface area contributed by atoms with Gasteiger partial charge in [-0.15, -0.1) is 17.0 Å². The average Bonchev–Trinajstić information content (AvgIpc) is 2.89. The van der Waals surface area contributed by atoms with E-state index in [0.717, 1.165) is 5.30 Å². The first-order valence-corrected chi connectivity index (χ1v) is 13.0. The van der Waals surface area contributed by atoms with Gasteiger partial charge in [-0.1, -0.05) is 0 Å². The molecule has 1 nitrogen and oxygen atoms in total. The van der Waals surface area contributed by atoms with Gasteiger partial charge in [0.1, 0.15) is 0 Å². The molecule has 5 aromatic rings. The Kier molecular flexibility index (Phi) is 6.51. The van der Waals surface area contributed by atoms with Crippen LogP contribution in [0.1, 0.15) is 0 Å². The van der Waals surface area contributed by atoms with Crippen molar-refractivity contribution < 1.29 is 5.11 Å². The van der Waals surface area contributed by atoms with Gasteiger partial charge in [-0.2, -0.15) is 0 Å². The van der Waals surface area contributed by atoms with E-state index in [1.54, 1.807) is 0 Å². The van der Waals surface area contributed by atoms with Gasteiger partial charge in [0.25, 0.3) is 0 Å². The molecule has 0 aliphatic rings. The summed E-state index contributed by atoms with van der Waals surface area (Å²) in [6.07, 6.45) is 0. The number of para-hydroxylation sites is 1. The third-order valence-corrected chi connectivity index (χ3v) is 13.1. The van der Waals surface area contributed by atoms with E-state index in [1.165, 1.54) is 21.2 Å². The second-order valence-corrected chi connectivity index (χ2v) is 12.7. The Hall–Kier alpha value is -3.19. The van der Waals surface area contributed by atoms with Crippen LogP contribution in [0.4, 0.5) is 0 Å². The van der Waals surface area contributed by atoms with Crippen LogP contribution in [-0.4, -0.2) is 5.11 Å². The second-order valence-electron chi connectivity index (χ2n) is 7.95. The van der Waals surface area contributed by atoms with Crippen LogP contribution in [0.15, 0.2) is 146 Å². The summed E-state index contributed by atoms with van der Waals surface area (Å²) in [6, 6.07) is 50.7. The van der Waals surface area contributed by atoms with E-state index in [2.05, 4.69) is 127 Å². The van der Waals surface area contributed by atoms with Gasteiger partial charge < -0.3 is 0 Å². The van der Waals surface area contributed by atoms with Crippen molar-refractivity contribution in [3.8, 4) is 5.75 Å². The molecule has 0 radical (unpaired) electrons. The zero-order chi connectivity index (χ0) is 21.9. The summed E-state index contributed by atoms with van der Waals surface area (Å²) >= 11 is 0. The molecule has 0 aliphatic heterocycles. The Morgan fingerprint density at radius 1 is 0.364 bits per heavy atom. The van der Waals surface area contributed by atoms with Crippen LogP contribution in [0, 0.1) is 0 Å². The van der Waals surface area contributed by atoms with Crippen molar-refractivity contribution in [2.45, 2.75) is 0 Å². The predicted molar refractivity (Wildman–Crippen MR) is 149 cm³/mol. The topological polar surface area (TPSA) is 20.2 Å². The molecule has 1 N–H and O–H groups in total. The number of phenolic OH excluding ortho intramolecular Hbond substituents is 1. The second kappa shape index (κ2) is 9.35. The molecule has 5 rings (SSSR count). The Labute approximate surface area is 206 Å². The summed E-state index contributed by atoms with van der Waals surface area (Å²) in [4.78, 5) is 0. The molecule has 3 heteroatoms. The molecule has 5 aromatic carbocycles. The number of halogens is 1. The molecular weight excluding hydrogens is 487 g/mol.